The average Bonchev–Trinajstić information content (AvgIpc) is 2.71. The van der Waals surface area contributed by atoms with Crippen molar-refractivity contribution in [2.75, 3.05) is 18.5 Å². The van der Waals surface area contributed by atoms with Gasteiger partial charge in [-0.1, -0.05) is 0 Å². The van der Waals surface area contributed by atoms with Crippen molar-refractivity contribution in [3.63, 3.8) is 0 Å². The fraction of sp³-hybridized carbons (Fsp3) is 0.238. The summed E-state index contributed by atoms with van der Waals surface area (Å²) in [6.07, 6.45) is -0.225. The molecule has 0 heterocycles. The van der Waals surface area contributed by atoms with Gasteiger partial charge in [-0.25, -0.2) is 9.59 Å². The van der Waals surface area contributed by atoms with Gasteiger partial charge < -0.3 is 19.5 Å². The quantitative estimate of drug-likeness (QED) is 0.682. The molecule has 0 aromatic heterocycles. The summed E-state index contributed by atoms with van der Waals surface area (Å²) in [5.41, 5.74) is 1.28. The maximum absolute atomic E-state index is 11.9. The van der Waals surface area contributed by atoms with Gasteiger partial charge in [0.2, 0.25) is 0 Å². The first kappa shape index (κ1) is 21.4. The summed E-state index contributed by atoms with van der Waals surface area (Å²) in [4.78, 5) is 35.3. The zero-order chi connectivity index (χ0) is 21.2. The van der Waals surface area contributed by atoms with Crippen LogP contribution < -0.4 is 10.1 Å². The van der Waals surface area contributed by atoms with Crippen LogP contribution in [0.25, 0.3) is 0 Å². The third-order valence-corrected chi connectivity index (χ3v) is 3.45. The summed E-state index contributed by atoms with van der Waals surface area (Å²) in [7, 11) is 0. The first-order valence-corrected chi connectivity index (χ1v) is 8.77. The minimum absolute atomic E-state index is 0.225. The second-order valence-corrected chi connectivity index (χ2v) is 6.17. The van der Waals surface area contributed by atoms with Gasteiger partial charge in [-0.2, -0.15) is 5.26 Å². The number of rotatable bonds is 8. The molecule has 0 bridgehead atoms. The number of nitriles is 1. The number of carbonyl (C=O) groups excluding carboxylic acids is 3. The van der Waals surface area contributed by atoms with E-state index in [0.29, 0.717) is 22.6 Å². The largest absolute Gasteiger partial charge is 0.482 e. The van der Waals surface area contributed by atoms with Crippen LogP contribution >= 0.6 is 0 Å². The lowest BCUT2D eigenvalue weighted by Crippen LogP contribution is -2.23. The van der Waals surface area contributed by atoms with E-state index in [1.807, 2.05) is 6.07 Å². The summed E-state index contributed by atoms with van der Waals surface area (Å²) in [5, 5.41) is 11.3. The fourth-order valence-corrected chi connectivity index (χ4v) is 2.12. The summed E-state index contributed by atoms with van der Waals surface area (Å²) in [6.45, 7) is 2.66. The number of hydrogen-bond acceptors (Lipinski definition) is 7. The van der Waals surface area contributed by atoms with Crippen LogP contribution in [-0.2, 0) is 19.1 Å². The van der Waals surface area contributed by atoms with E-state index in [9.17, 15) is 14.4 Å². The van der Waals surface area contributed by atoms with Gasteiger partial charge in [0, 0.05) is 5.69 Å². The number of carbonyl (C=O) groups is 3. The highest BCUT2D eigenvalue weighted by Crippen LogP contribution is 2.12. The number of anilines is 1. The van der Waals surface area contributed by atoms with E-state index in [1.54, 1.807) is 50.2 Å². The van der Waals surface area contributed by atoms with Crippen LogP contribution in [-0.4, -0.2) is 37.2 Å². The molecule has 8 nitrogen and oxygen atoms in total. The lowest BCUT2D eigenvalue weighted by Gasteiger charge is -2.09. The van der Waals surface area contributed by atoms with E-state index < -0.39 is 24.5 Å². The molecule has 0 fully saturated rings. The summed E-state index contributed by atoms with van der Waals surface area (Å²) in [6, 6.07) is 14.3. The Morgan fingerprint density at radius 1 is 1.00 bits per heavy atom. The molecule has 0 aliphatic carbocycles. The lowest BCUT2D eigenvalue weighted by atomic mass is 10.2. The Bertz CT molecular complexity index is 898. The molecule has 0 saturated heterocycles. The maximum atomic E-state index is 11.9. The van der Waals surface area contributed by atoms with Crippen LogP contribution in [0.3, 0.4) is 0 Å². The predicted molar refractivity (Wildman–Crippen MR) is 103 cm³/mol. The van der Waals surface area contributed by atoms with E-state index in [0.717, 1.165) is 0 Å². The Labute approximate surface area is 168 Å². The highest BCUT2D eigenvalue weighted by Gasteiger charge is 2.11. The molecule has 1 amide bonds. The number of hydrogen-bond donors (Lipinski definition) is 1. The molecule has 1 N–H and O–H groups in total. The van der Waals surface area contributed by atoms with Crippen molar-refractivity contribution in [2.24, 2.45) is 0 Å². The number of amides is 1. The molecule has 2 aromatic carbocycles. The van der Waals surface area contributed by atoms with Crippen LogP contribution in [0.5, 0.6) is 5.75 Å². The summed E-state index contributed by atoms with van der Waals surface area (Å²) < 4.78 is 15.1. The zero-order valence-corrected chi connectivity index (χ0v) is 16.0. The van der Waals surface area contributed by atoms with E-state index in [2.05, 4.69) is 5.32 Å². The molecule has 0 atom stereocenters. The van der Waals surface area contributed by atoms with Gasteiger partial charge in [0.15, 0.2) is 13.2 Å². The molecule has 2 aromatic rings. The third kappa shape index (κ3) is 7.34. The van der Waals surface area contributed by atoms with Gasteiger partial charge in [0.1, 0.15) is 5.75 Å². The van der Waals surface area contributed by atoms with Gasteiger partial charge in [-0.3, -0.25) is 4.79 Å². The smallest absolute Gasteiger partial charge is 0.344 e. The lowest BCUT2D eigenvalue weighted by molar-refractivity contribution is -0.149. The zero-order valence-electron chi connectivity index (χ0n) is 16.0. The average molecular weight is 396 g/mol. The second kappa shape index (κ2) is 10.5. The first-order valence-electron chi connectivity index (χ1n) is 8.77. The summed E-state index contributed by atoms with van der Waals surface area (Å²) in [5.74, 6) is -1.29. The van der Waals surface area contributed by atoms with Gasteiger partial charge in [0.05, 0.1) is 23.3 Å². The molecule has 0 saturated carbocycles. The molecule has 8 heteroatoms. The molecule has 2 rings (SSSR count). The van der Waals surface area contributed by atoms with Crippen molar-refractivity contribution in [3.05, 3.63) is 59.7 Å². The Balaban J connectivity index is 1.73. The van der Waals surface area contributed by atoms with Crippen LogP contribution in [0.15, 0.2) is 48.5 Å². The minimum atomic E-state index is -0.712. The number of nitrogens with zero attached hydrogens (tertiary/aromatic N) is 1. The van der Waals surface area contributed by atoms with Crippen LogP contribution in [0, 0.1) is 11.3 Å². The second-order valence-electron chi connectivity index (χ2n) is 6.17. The highest BCUT2D eigenvalue weighted by molar-refractivity contribution is 5.94. The SMILES string of the molecule is CC(C)OC(=O)c1ccc(NC(=O)COC(=O)COc2ccc(C#N)cc2)cc1. The van der Waals surface area contributed by atoms with Gasteiger partial charge in [-0.05, 0) is 62.4 Å². The van der Waals surface area contributed by atoms with E-state index in [1.165, 1.54) is 12.1 Å². The van der Waals surface area contributed by atoms with Crippen molar-refractivity contribution in [2.45, 2.75) is 20.0 Å². The molecule has 0 radical (unpaired) electrons. The maximum Gasteiger partial charge on any atom is 0.344 e. The van der Waals surface area contributed by atoms with Crippen molar-refractivity contribution in [3.8, 4) is 11.8 Å². The van der Waals surface area contributed by atoms with Crippen molar-refractivity contribution >= 4 is 23.5 Å². The molecule has 0 unspecified atom stereocenters. The number of esters is 2. The Kier molecular flexibility index (Phi) is 7.74. The normalized spacial score (nSPS) is 10.0. The van der Waals surface area contributed by atoms with Crippen LogP contribution in [0.4, 0.5) is 5.69 Å². The van der Waals surface area contributed by atoms with E-state index >= 15 is 0 Å². The van der Waals surface area contributed by atoms with Crippen molar-refractivity contribution < 1.29 is 28.6 Å². The Morgan fingerprint density at radius 2 is 1.66 bits per heavy atom. The van der Waals surface area contributed by atoms with Gasteiger partial charge in [0.25, 0.3) is 5.91 Å². The molecular formula is C21H20N2O6. The van der Waals surface area contributed by atoms with E-state index in [-0.39, 0.29) is 12.7 Å². The Hall–Kier alpha value is -3.86. The van der Waals surface area contributed by atoms with Gasteiger partial charge >= 0.3 is 11.9 Å². The van der Waals surface area contributed by atoms with E-state index in [4.69, 9.17) is 19.5 Å². The summed E-state index contributed by atoms with van der Waals surface area (Å²) >= 11 is 0. The standard InChI is InChI=1S/C21H20N2O6/c1-14(2)29-21(26)16-5-7-17(8-6-16)23-19(24)12-28-20(25)13-27-18-9-3-15(11-22)4-10-18/h3-10,14H,12-13H2,1-2H3,(H,23,24). The predicted octanol–water partition coefficient (Wildman–Crippen LogP) is 2.68. The first-order chi connectivity index (χ1) is 13.9. The molecule has 0 aliphatic heterocycles. The molecular weight excluding hydrogens is 376 g/mol. The molecule has 150 valence electrons. The topological polar surface area (TPSA) is 115 Å². The number of benzene rings is 2. The van der Waals surface area contributed by atoms with Crippen LogP contribution in [0.2, 0.25) is 0 Å². The fourth-order valence-electron chi connectivity index (χ4n) is 2.12. The highest BCUT2D eigenvalue weighted by atomic mass is 16.6. The molecule has 29 heavy (non-hydrogen) atoms. The molecule has 0 aliphatic rings. The molecule has 0 spiro atoms. The van der Waals surface area contributed by atoms with Crippen molar-refractivity contribution in [1.29, 1.82) is 5.26 Å². The third-order valence-electron chi connectivity index (χ3n) is 3.45. The monoisotopic (exact) mass is 396 g/mol. The van der Waals surface area contributed by atoms with Gasteiger partial charge in [-0.15, -0.1) is 0 Å². The van der Waals surface area contributed by atoms with Crippen molar-refractivity contribution in [1.82, 2.24) is 0 Å². The number of ether oxygens (including phenoxy) is 3. The van der Waals surface area contributed by atoms with Crippen LogP contribution in [0.1, 0.15) is 29.8 Å². The Morgan fingerprint density at radius 3 is 2.24 bits per heavy atom. The minimum Gasteiger partial charge on any atom is -0.482 e. The number of nitrogens with one attached hydrogen (secondary N) is 1.